The number of hydrogen-bond acceptors (Lipinski definition) is 4. The van der Waals surface area contributed by atoms with Crippen molar-refractivity contribution in [3.05, 3.63) is 0 Å². The summed E-state index contributed by atoms with van der Waals surface area (Å²) in [5, 5.41) is 0. The Labute approximate surface area is 105 Å². The van der Waals surface area contributed by atoms with Crippen LogP contribution in [0.5, 0.6) is 0 Å². The molecule has 1 unspecified atom stereocenters. The molecule has 1 heterocycles. The molecule has 0 amide bonds. The van der Waals surface area contributed by atoms with Crippen LogP contribution < -0.4 is 5.73 Å². The minimum atomic E-state index is -2.79. The zero-order valence-electron chi connectivity index (χ0n) is 11.1. The molecular weight excluding hydrogens is 236 g/mol. The van der Waals surface area contributed by atoms with Gasteiger partial charge in [-0.25, -0.2) is 8.42 Å². The lowest BCUT2D eigenvalue weighted by molar-refractivity contribution is 0.231. The van der Waals surface area contributed by atoms with E-state index in [4.69, 9.17) is 5.73 Å². The Morgan fingerprint density at radius 1 is 1.24 bits per heavy atom. The molecule has 17 heavy (non-hydrogen) atoms. The summed E-state index contributed by atoms with van der Waals surface area (Å²) in [5.74, 6) is 1.81. The topological polar surface area (TPSA) is 63.4 Å². The standard InChI is InChI=1S/C12H26N2O2S/c1-11(2)8-12(9-13)10-14-4-3-6-17(15,16)7-5-14/h11-12H,3-10,13H2,1-2H3. The van der Waals surface area contributed by atoms with Crippen LogP contribution in [0.25, 0.3) is 0 Å². The highest BCUT2D eigenvalue weighted by atomic mass is 32.2. The van der Waals surface area contributed by atoms with E-state index in [1.54, 1.807) is 0 Å². The van der Waals surface area contributed by atoms with Crippen LogP contribution in [-0.4, -0.2) is 51.0 Å². The SMILES string of the molecule is CC(C)CC(CN)CN1CCCS(=O)(=O)CC1. The van der Waals surface area contributed by atoms with Crippen LogP contribution in [-0.2, 0) is 9.84 Å². The smallest absolute Gasteiger partial charge is 0.151 e. The summed E-state index contributed by atoms with van der Waals surface area (Å²) in [5.41, 5.74) is 5.79. The molecule has 1 fully saturated rings. The second kappa shape index (κ2) is 6.71. The Balaban J connectivity index is 2.45. The molecule has 0 saturated carbocycles. The molecule has 0 aromatic heterocycles. The Morgan fingerprint density at radius 2 is 1.94 bits per heavy atom. The quantitative estimate of drug-likeness (QED) is 0.793. The molecule has 1 aliphatic heterocycles. The number of rotatable bonds is 5. The van der Waals surface area contributed by atoms with Gasteiger partial charge in [-0.1, -0.05) is 13.8 Å². The van der Waals surface area contributed by atoms with Crippen molar-refractivity contribution < 1.29 is 8.42 Å². The zero-order chi connectivity index (χ0) is 12.9. The number of nitrogens with two attached hydrogens (primary N) is 1. The summed E-state index contributed by atoms with van der Waals surface area (Å²) in [6.07, 6.45) is 1.89. The summed E-state index contributed by atoms with van der Waals surface area (Å²) >= 11 is 0. The van der Waals surface area contributed by atoms with E-state index in [-0.39, 0.29) is 0 Å². The number of hydrogen-bond donors (Lipinski definition) is 1. The Hall–Kier alpha value is -0.130. The van der Waals surface area contributed by atoms with Crippen LogP contribution >= 0.6 is 0 Å². The van der Waals surface area contributed by atoms with Crippen LogP contribution in [0.4, 0.5) is 0 Å². The summed E-state index contributed by atoms with van der Waals surface area (Å²) in [6, 6.07) is 0. The second-order valence-corrected chi connectivity index (χ2v) is 7.84. The highest BCUT2D eigenvalue weighted by molar-refractivity contribution is 7.91. The minimum Gasteiger partial charge on any atom is -0.330 e. The van der Waals surface area contributed by atoms with Crippen molar-refractivity contribution >= 4 is 9.84 Å². The molecular formula is C12H26N2O2S. The van der Waals surface area contributed by atoms with Crippen LogP contribution in [0.1, 0.15) is 26.7 Å². The molecule has 4 nitrogen and oxygen atoms in total. The maximum Gasteiger partial charge on any atom is 0.151 e. The summed E-state index contributed by atoms with van der Waals surface area (Å²) < 4.78 is 23.0. The van der Waals surface area contributed by atoms with Gasteiger partial charge >= 0.3 is 0 Å². The normalized spacial score (nSPS) is 23.5. The van der Waals surface area contributed by atoms with E-state index in [0.29, 0.717) is 36.4 Å². The molecule has 2 N–H and O–H groups in total. The monoisotopic (exact) mass is 262 g/mol. The van der Waals surface area contributed by atoms with Gasteiger partial charge in [-0.15, -0.1) is 0 Å². The maximum atomic E-state index is 11.5. The molecule has 1 rings (SSSR count). The fourth-order valence-electron chi connectivity index (χ4n) is 2.45. The van der Waals surface area contributed by atoms with E-state index in [0.717, 1.165) is 25.9 Å². The third kappa shape index (κ3) is 5.84. The fourth-order valence-corrected chi connectivity index (χ4v) is 3.76. The summed E-state index contributed by atoms with van der Waals surface area (Å²) in [7, 11) is -2.79. The number of sulfone groups is 1. The van der Waals surface area contributed by atoms with E-state index >= 15 is 0 Å². The van der Waals surface area contributed by atoms with E-state index < -0.39 is 9.84 Å². The maximum absolute atomic E-state index is 11.5. The largest absolute Gasteiger partial charge is 0.330 e. The van der Waals surface area contributed by atoms with Crippen molar-refractivity contribution in [2.45, 2.75) is 26.7 Å². The summed E-state index contributed by atoms with van der Waals surface area (Å²) in [6.45, 7) is 7.63. The minimum absolute atomic E-state index is 0.311. The molecule has 0 aromatic rings. The van der Waals surface area contributed by atoms with Crippen molar-refractivity contribution in [2.75, 3.05) is 37.7 Å². The lowest BCUT2D eigenvalue weighted by Crippen LogP contribution is -2.35. The summed E-state index contributed by atoms with van der Waals surface area (Å²) in [4.78, 5) is 2.27. The average Bonchev–Trinajstić information content (AvgIpc) is 2.39. The molecule has 1 saturated heterocycles. The second-order valence-electron chi connectivity index (χ2n) is 5.54. The van der Waals surface area contributed by atoms with Gasteiger partial charge in [-0.2, -0.15) is 0 Å². The van der Waals surface area contributed by atoms with E-state index in [1.807, 2.05) is 0 Å². The van der Waals surface area contributed by atoms with Gasteiger partial charge in [0.25, 0.3) is 0 Å². The molecule has 0 radical (unpaired) electrons. The molecule has 0 aromatic carbocycles. The van der Waals surface area contributed by atoms with Crippen LogP contribution in [0.15, 0.2) is 0 Å². The first-order valence-corrected chi connectivity index (χ1v) is 8.38. The van der Waals surface area contributed by atoms with Crippen molar-refractivity contribution in [3.63, 3.8) is 0 Å². The molecule has 102 valence electrons. The van der Waals surface area contributed by atoms with Gasteiger partial charge < -0.3 is 10.6 Å². The predicted molar refractivity (Wildman–Crippen MR) is 71.7 cm³/mol. The van der Waals surface area contributed by atoms with Crippen molar-refractivity contribution in [3.8, 4) is 0 Å². The molecule has 5 heteroatoms. The van der Waals surface area contributed by atoms with E-state index in [1.165, 1.54) is 0 Å². The van der Waals surface area contributed by atoms with Crippen LogP contribution in [0, 0.1) is 11.8 Å². The van der Waals surface area contributed by atoms with Crippen LogP contribution in [0.2, 0.25) is 0 Å². The Kier molecular flexibility index (Phi) is 5.89. The molecule has 0 spiro atoms. The van der Waals surface area contributed by atoms with Gasteiger partial charge in [0, 0.05) is 13.1 Å². The fraction of sp³-hybridized carbons (Fsp3) is 1.00. The van der Waals surface area contributed by atoms with Crippen molar-refractivity contribution in [2.24, 2.45) is 17.6 Å². The molecule has 1 atom stereocenters. The molecule has 0 bridgehead atoms. The van der Waals surface area contributed by atoms with Crippen molar-refractivity contribution in [1.29, 1.82) is 0 Å². The predicted octanol–water partition coefficient (Wildman–Crippen LogP) is 0.728. The zero-order valence-corrected chi connectivity index (χ0v) is 11.9. The lowest BCUT2D eigenvalue weighted by atomic mass is 9.96. The third-order valence-electron chi connectivity index (χ3n) is 3.30. The number of nitrogens with zero attached hydrogens (tertiary/aromatic N) is 1. The first-order chi connectivity index (χ1) is 7.93. The van der Waals surface area contributed by atoms with Gasteiger partial charge in [-0.3, -0.25) is 0 Å². The van der Waals surface area contributed by atoms with Gasteiger partial charge in [0.05, 0.1) is 11.5 Å². The first-order valence-electron chi connectivity index (χ1n) is 6.56. The Bertz CT molecular complexity index is 314. The Morgan fingerprint density at radius 3 is 2.53 bits per heavy atom. The molecule has 0 aliphatic carbocycles. The average molecular weight is 262 g/mol. The lowest BCUT2D eigenvalue weighted by Gasteiger charge is -2.26. The van der Waals surface area contributed by atoms with Crippen LogP contribution in [0.3, 0.4) is 0 Å². The van der Waals surface area contributed by atoms with E-state index in [9.17, 15) is 8.42 Å². The molecule has 1 aliphatic rings. The van der Waals surface area contributed by atoms with E-state index in [2.05, 4.69) is 18.7 Å². The van der Waals surface area contributed by atoms with Gasteiger partial charge in [0.1, 0.15) is 0 Å². The first kappa shape index (κ1) is 14.9. The van der Waals surface area contributed by atoms with Crippen molar-refractivity contribution in [1.82, 2.24) is 4.90 Å². The highest BCUT2D eigenvalue weighted by Gasteiger charge is 2.21. The van der Waals surface area contributed by atoms with Gasteiger partial charge in [0.2, 0.25) is 0 Å². The van der Waals surface area contributed by atoms with Gasteiger partial charge in [-0.05, 0) is 37.8 Å². The third-order valence-corrected chi connectivity index (χ3v) is 5.02. The van der Waals surface area contributed by atoms with Gasteiger partial charge in [0.15, 0.2) is 9.84 Å². The highest BCUT2D eigenvalue weighted by Crippen LogP contribution is 2.14.